The summed E-state index contributed by atoms with van der Waals surface area (Å²) < 4.78 is 0.545. The number of halogens is 1. The number of hydrogen-bond donors (Lipinski definition) is 2. The van der Waals surface area contributed by atoms with Crippen LogP contribution in [0.5, 0.6) is 0 Å². The predicted octanol–water partition coefficient (Wildman–Crippen LogP) is 5.40. The zero-order chi connectivity index (χ0) is 21.3. The average Bonchev–Trinajstić information content (AvgIpc) is 3.18. The smallest absolute Gasteiger partial charge is 0.331 e. The molecule has 2 N–H and O–H groups in total. The molecular formula is C23H21ClN2O3S. The van der Waals surface area contributed by atoms with E-state index in [0.29, 0.717) is 21.4 Å². The van der Waals surface area contributed by atoms with Crippen molar-refractivity contribution in [2.75, 3.05) is 16.8 Å². The molecule has 3 aromatic rings. The van der Waals surface area contributed by atoms with Crippen LogP contribution in [-0.4, -0.2) is 23.5 Å². The second-order valence-electron chi connectivity index (χ2n) is 7.16. The molecule has 0 aliphatic carbocycles. The first kappa shape index (κ1) is 20.4. The van der Waals surface area contributed by atoms with Gasteiger partial charge in [0.1, 0.15) is 0 Å². The second-order valence-corrected chi connectivity index (χ2v) is 8.90. The Kier molecular flexibility index (Phi) is 5.79. The molecule has 1 atom stereocenters. The molecule has 0 radical (unpaired) electrons. The van der Waals surface area contributed by atoms with Crippen LogP contribution in [0.4, 0.5) is 11.4 Å². The number of rotatable bonds is 6. The van der Waals surface area contributed by atoms with E-state index < -0.39 is 12.0 Å². The van der Waals surface area contributed by atoms with Gasteiger partial charge in [0.2, 0.25) is 0 Å². The van der Waals surface area contributed by atoms with Crippen molar-refractivity contribution in [3.05, 3.63) is 80.5 Å². The number of fused-ring (bicyclic) bond motifs is 1. The molecule has 0 bridgehead atoms. The first-order chi connectivity index (χ1) is 14.5. The van der Waals surface area contributed by atoms with Crippen LogP contribution in [0.15, 0.2) is 54.6 Å². The standard InChI is InChI=1S/C23H21ClN2O3S/c1-2-14-3-8-18-15(13-14)11-12-26(22(18)27)17-6-4-16(5-7-17)25-21(23(28)29)19-9-10-20(24)30-19/h3-10,13,21,25H,2,11-12H2,1H3,(H,28,29). The molecule has 154 valence electrons. The number of carbonyl (C=O) groups is 2. The minimum absolute atomic E-state index is 0.00347. The quantitative estimate of drug-likeness (QED) is 0.538. The highest BCUT2D eigenvalue weighted by atomic mass is 35.5. The Labute approximate surface area is 183 Å². The number of nitrogens with zero attached hydrogens (tertiary/aromatic N) is 1. The number of aryl methyl sites for hydroxylation is 1. The van der Waals surface area contributed by atoms with Crippen molar-refractivity contribution in [3.63, 3.8) is 0 Å². The van der Waals surface area contributed by atoms with E-state index in [-0.39, 0.29) is 5.91 Å². The van der Waals surface area contributed by atoms with E-state index in [0.717, 1.165) is 29.7 Å². The number of amides is 1. The van der Waals surface area contributed by atoms with Gasteiger partial charge in [-0.05, 0) is 66.4 Å². The van der Waals surface area contributed by atoms with Gasteiger partial charge in [0.25, 0.3) is 5.91 Å². The molecule has 1 aliphatic heterocycles. The molecule has 1 amide bonds. The van der Waals surface area contributed by atoms with Crippen LogP contribution in [0.3, 0.4) is 0 Å². The highest BCUT2D eigenvalue weighted by Gasteiger charge is 2.26. The molecule has 1 aliphatic rings. The van der Waals surface area contributed by atoms with Gasteiger partial charge in [-0.3, -0.25) is 4.79 Å². The van der Waals surface area contributed by atoms with Gasteiger partial charge in [0.15, 0.2) is 6.04 Å². The highest BCUT2D eigenvalue weighted by Crippen LogP contribution is 2.31. The van der Waals surface area contributed by atoms with Crippen molar-refractivity contribution in [3.8, 4) is 0 Å². The lowest BCUT2D eigenvalue weighted by atomic mass is 9.95. The van der Waals surface area contributed by atoms with Crippen LogP contribution in [0, 0.1) is 0 Å². The van der Waals surface area contributed by atoms with Crippen molar-refractivity contribution in [2.45, 2.75) is 25.8 Å². The summed E-state index contributed by atoms with van der Waals surface area (Å²) in [4.78, 5) is 27.1. The van der Waals surface area contributed by atoms with Gasteiger partial charge in [-0.1, -0.05) is 30.7 Å². The molecule has 0 fully saturated rings. The van der Waals surface area contributed by atoms with E-state index >= 15 is 0 Å². The summed E-state index contributed by atoms with van der Waals surface area (Å²) in [5.41, 5.74) is 4.55. The molecule has 2 aromatic carbocycles. The van der Waals surface area contributed by atoms with Gasteiger partial charge in [0, 0.05) is 28.4 Å². The number of nitrogens with one attached hydrogen (secondary N) is 1. The molecular weight excluding hydrogens is 420 g/mol. The first-order valence-corrected chi connectivity index (χ1v) is 10.9. The first-order valence-electron chi connectivity index (χ1n) is 9.74. The minimum atomic E-state index is -0.980. The Hall–Kier alpha value is -2.83. The molecule has 5 nitrogen and oxygen atoms in total. The summed E-state index contributed by atoms with van der Waals surface area (Å²) in [6.45, 7) is 2.73. The maximum absolute atomic E-state index is 13.0. The normalized spacial score (nSPS) is 14.3. The van der Waals surface area contributed by atoms with Crippen molar-refractivity contribution < 1.29 is 14.7 Å². The fourth-order valence-electron chi connectivity index (χ4n) is 3.65. The molecule has 2 heterocycles. The van der Waals surface area contributed by atoms with Crippen LogP contribution in [-0.2, 0) is 17.6 Å². The number of aliphatic carboxylic acids is 1. The zero-order valence-corrected chi connectivity index (χ0v) is 18.0. The third kappa shape index (κ3) is 4.06. The molecule has 0 saturated carbocycles. The van der Waals surface area contributed by atoms with Crippen LogP contribution in [0.1, 0.15) is 39.3 Å². The van der Waals surface area contributed by atoms with Crippen molar-refractivity contribution >= 4 is 46.2 Å². The van der Waals surface area contributed by atoms with Gasteiger partial charge < -0.3 is 15.3 Å². The molecule has 30 heavy (non-hydrogen) atoms. The Morgan fingerprint density at radius 1 is 1.20 bits per heavy atom. The lowest BCUT2D eigenvalue weighted by Crippen LogP contribution is -2.37. The van der Waals surface area contributed by atoms with Crippen LogP contribution in [0.25, 0.3) is 0 Å². The number of anilines is 2. The van der Waals surface area contributed by atoms with Gasteiger partial charge in [-0.15, -0.1) is 11.3 Å². The molecule has 4 rings (SSSR count). The van der Waals surface area contributed by atoms with E-state index in [1.165, 1.54) is 16.9 Å². The second kappa shape index (κ2) is 8.50. The van der Waals surface area contributed by atoms with E-state index in [9.17, 15) is 14.7 Å². The summed E-state index contributed by atoms with van der Waals surface area (Å²) in [7, 11) is 0. The highest BCUT2D eigenvalue weighted by molar-refractivity contribution is 7.16. The van der Waals surface area contributed by atoms with Crippen molar-refractivity contribution in [2.24, 2.45) is 0 Å². The number of carbonyl (C=O) groups excluding carboxylic acids is 1. The lowest BCUT2D eigenvalue weighted by Gasteiger charge is -2.29. The van der Waals surface area contributed by atoms with E-state index in [1.807, 2.05) is 24.3 Å². The molecule has 1 aromatic heterocycles. The Morgan fingerprint density at radius 2 is 1.97 bits per heavy atom. The monoisotopic (exact) mass is 440 g/mol. The van der Waals surface area contributed by atoms with Gasteiger partial charge in [-0.25, -0.2) is 4.79 Å². The summed E-state index contributed by atoms with van der Waals surface area (Å²) >= 11 is 7.18. The molecule has 7 heteroatoms. The van der Waals surface area contributed by atoms with Gasteiger partial charge >= 0.3 is 5.97 Å². The Balaban J connectivity index is 1.52. The summed E-state index contributed by atoms with van der Waals surface area (Å²) in [5.74, 6) is -0.983. The van der Waals surface area contributed by atoms with E-state index in [4.69, 9.17) is 11.6 Å². The summed E-state index contributed by atoms with van der Waals surface area (Å²) in [5, 5.41) is 12.6. The van der Waals surface area contributed by atoms with Crippen LogP contribution in [0.2, 0.25) is 4.34 Å². The van der Waals surface area contributed by atoms with E-state index in [1.54, 1.807) is 29.2 Å². The maximum atomic E-state index is 13.0. The Morgan fingerprint density at radius 3 is 2.60 bits per heavy atom. The lowest BCUT2D eigenvalue weighted by molar-refractivity contribution is -0.138. The van der Waals surface area contributed by atoms with Crippen LogP contribution < -0.4 is 10.2 Å². The predicted molar refractivity (Wildman–Crippen MR) is 121 cm³/mol. The topological polar surface area (TPSA) is 69.6 Å². The fraction of sp³-hybridized carbons (Fsp3) is 0.217. The van der Waals surface area contributed by atoms with Crippen LogP contribution >= 0.6 is 22.9 Å². The third-order valence-electron chi connectivity index (χ3n) is 5.27. The SMILES string of the molecule is CCc1ccc2c(c1)CCN(c1ccc(NC(C(=O)O)c3ccc(Cl)s3)cc1)C2=O. The summed E-state index contributed by atoms with van der Waals surface area (Å²) in [6.07, 6.45) is 1.77. The minimum Gasteiger partial charge on any atom is -0.479 e. The number of hydrogen-bond acceptors (Lipinski definition) is 4. The zero-order valence-electron chi connectivity index (χ0n) is 16.4. The molecule has 1 unspecified atom stereocenters. The largest absolute Gasteiger partial charge is 0.479 e. The Bertz CT molecular complexity index is 1090. The maximum Gasteiger partial charge on any atom is 0.331 e. The van der Waals surface area contributed by atoms with Crippen molar-refractivity contribution in [1.29, 1.82) is 0 Å². The third-order valence-corrected chi connectivity index (χ3v) is 6.57. The van der Waals surface area contributed by atoms with Crippen molar-refractivity contribution in [1.82, 2.24) is 0 Å². The number of carboxylic acid groups (broad SMARTS) is 1. The molecule has 0 saturated heterocycles. The van der Waals surface area contributed by atoms with E-state index in [2.05, 4.69) is 18.3 Å². The van der Waals surface area contributed by atoms with Gasteiger partial charge in [-0.2, -0.15) is 0 Å². The number of carboxylic acids is 1. The number of benzene rings is 2. The molecule has 0 spiro atoms. The fourth-order valence-corrected chi connectivity index (χ4v) is 4.76. The average molecular weight is 441 g/mol. The summed E-state index contributed by atoms with van der Waals surface area (Å²) in [6, 6.07) is 15.8. The number of thiophene rings is 1. The van der Waals surface area contributed by atoms with Gasteiger partial charge in [0.05, 0.1) is 4.34 Å².